The number of nitrogens with zero attached hydrogens (tertiary/aromatic N) is 3. The Morgan fingerprint density at radius 2 is 2.11 bits per heavy atom. The van der Waals surface area contributed by atoms with Gasteiger partial charge in [-0.25, -0.2) is 9.36 Å². The number of aliphatic hydroxyl groups excluding tert-OH is 1. The van der Waals surface area contributed by atoms with Crippen molar-refractivity contribution in [2.45, 2.75) is 51.7 Å². The molecular weight excluding hydrogens is 505 g/mol. The van der Waals surface area contributed by atoms with Crippen molar-refractivity contribution in [1.29, 1.82) is 5.26 Å². The van der Waals surface area contributed by atoms with E-state index in [9.17, 15) is 24.5 Å². The van der Waals surface area contributed by atoms with Crippen LogP contribution in [0.25, 0.3) is 0 Å². The largest absolute Gasteiger partial charge is 0.465 e. The number of benzene rings is 1. The monoisotopic (exact) mass is 535 g/mol. The minimum Gasteiger partial charge on any atom is -0.465 e. The second-order valence-corrected chi connectivity index (χ2v) is 10.3. The van der Waals surface area contributed by atoms with Gasteiger partial charge >= 0.3 is 19.4 Å². The van der Waals surface area contributed by atoms with Crippen LogP contribution in [0.3, 0.4) is 0 Å². The van der Waals surface area contributed by atoms with E-state index in [0.29, 0.717) is 6.42 Å². The molecule has 3 rings (SSSR count). The predicted molar refractivity (Wildman–Crippen MR) is 131 cm³/mol. The number of ether oxygens (including phenoxy) is 2. The van der Waals surface area contributed by atoms with Crippen LogP contribution in [0.2, 0.25) is 0 Å². The maximum atomic E-state index is 13.7. The maximum absolute atomic E-state index is 13.7. The molecule has 13 nitrogen and oxygen atoms in total. The lowest BCUT2D eigenvalue weighted by Gasteiger charge is -2.26. The first kappa shape index (κ1) is 28.3. The second-order valence-electron chi connectivity index (χ2n) is 8.62. The van der Waals surface area contributed by atoms with E-state index in [1.165, 1.54) is 26.1 Å². The average Bonchev–Trinajstić information content (AvgIpc) is 3.12. The van der Waals surface area contributed by atoms with Crippen LogP contribution in [0.4, 0.5) is 5.82 Å². The summed E-state index contributed by atoms with van der Waals surface area (Å²) in [5.41, 5.74) is 3.17. The fraction of sp³-hybridized carbons (Fsp3) is 0.478. The van der Waals surface area contributed by atoms with Crippen molar-refractivity contribution in [3.05, 3.63) is 53.1 Å². The van der Waals surface area contributed by atoms with Gasteiger partial charge in [0.2, 0.25) is 0 Å². The predicted octanol–water partition coefficient (Wildman–Crippen LogP) is 1.75. The van der Waals surface area contributed by atoms with Crippen molar-refractivity contribution in [3.8, 4) is 11.8 Å². The zero-order valence-electron chi connectivity index (χ0n) is 20.6. The lowest BCUT2D eigenvalue weighted by Crippen LogP contribution is -2.40. The molecule has 1 saturated heterocycles. The minimum absolute atomic E-state index is 0.0185. The van der Waals surface area contributed by atoms with E-state index in [1.807, 2.05) is 13.0 Å². The number of nitriles is 1. The number of esters is 1. The molecule has 1 aliphatic rings. The average molecular weight is 535 g/mol. The Morgan fingerprint density at radius 3 is 2.73 bits per heavy atom. The first-order valence-corrected chi connectivity index (χ1v) is 13.1. The number of rotatable bonds is 11. The molecule has 2 aromatic rings. The molecule has 2 heterocycles. The summed E-state index contributed by atoms with van der Waals surface area (Å²) in [7, 11) is -4.24. The van der Waals surface area contributed by atoms with E-state index in [1.54, 1.807) is 30.3 Å². The van der Waals surface area contributed by atoms with Crippen molar-refractivity contribution in [1.82, 2.24) is 14.6 Å². The molecular formula is C23H30N5O8P. The highest BCUT2D eigenvalue weighted by atomic mass is 31.2. The maximum Gasteiger partial charge on any atom is 0.459 e. The topological polar surface area (TPSA) is 188 Å². The van der Waals surface area contributed by atoms with E-state index in [4.69, 9.17) is 24.3 Å². The Balaban J connectivity index is 1.82. The number of hydrogen-bond acceptors (Lipinski definition) is 11. The molecule has 1 aliphatic heterocycles. The number of carbonyl (C=O) groups excluding carboxylic acids is 1. The quantitative estimate of drug-likeness (QED) is 0.280. The molecule has 0 saturated carbocycles. The summed E-state index contributed by atoms with van der Waals surface area (Å²) in [5.74, 6) is -0.485. The number of aliphatic hydroxyl groups is 1. The van der Waals surface area contributed by atoms with E-state index in [2.05, 4.69) is 10.1 Å². The van der Waals surface area contributed by atoms with Gasteiger partial charge in [0, 0.05) is 6.20 Å². The third-order valence-corrected chi connectivity index (χ3v) is 7.30. The van der Waals surface area contributed by atoms with Gasteiger partial charge in [-0.3, -0.25) is 13.9 Å². The van der Waals surface area contributed by atoms with Crippen molar-refractivity contribution >= 4 is 19.5 Å². The van der Waals surface area contributed by atoms with Crippen LogP contribution >= 0.6 is 7.75 Å². The van der Waals surface area contributed by atoms with Crippen LogP contribution in [-0.4, -0.2) is 52.1 Å². The summed E-state index contributed by atoms with van der Waals surface area (Å²) in [6, 6.07) is 10.4. The lowest BCUT2D eigenvalue weighted by atomic mass is 9.84. The third kappa shape index (κ3) is 6.54. The Kier molecular flexibility index (Phi) is 9.07. The van der Waals surface area contributed by atoms with Crippen molar-refractivity contribution in [3.63, 3.8) is 0 Å². The zero-order valence-corrected chi connectivity index (χ0v) is 21.5. The minimum atomic E-state index is -4.24. The fourth-order valence-corrected chi connectivity index (χ4v) is 5.13. The van der Waals surface area contributed by atoms with Gasteiger partial charge in [0.05, 0.1) is 19.3 Å². The molecule has 1 aromatic heterocycles. The van der Waals surface area contributed by atoms with Gasteiger partial charge in [-0.2, -0.15) is 15.3 Å². The van der Waals surface area contributed by atoms with Gasteiger partial charge in [-0.05, 0) is 38.5 Å². The van der Waals surface area contributed by atoms with Gasteiger partial charge in [-0.15, -0.1) is 0 Å². The van der Waals surface area contributed by atoms with E-state index in [0.717, 1.165) is 4.57 Å². The standard InChI is InChI=1S/C23H30N5O8P/c1-4-12-33-20(30)15(2)27-37(32,36-16-8-6-5-7-9-16)34-13-17-19(29)23(3,14-24)21(35-17)28-11-10-18(25)26-22(28)31/h5-11,15,17,19,21,29H,4,12-13H2,1-3H3,(H,27,32)(H2,25,26,31)/t15-,17+,19+,21+,23+,37?/m0/s1. The van der Waals surface area contributed by atoms with Gasteiger partial charge in [0.15, 0.2) is 6.23 Å². The Labute approximate surface area is 213 Å². The summed E-state index contributed by atoms with van der Waals surface area (Å²) in [4.78, 5) is 28.3. The lowest BCUT2D eigenvalue weighted by molar-refractivity contribution is -0.145. The summed E-state index contributed by atoms with van der Waals surface area (Å²) < 4.78 is 36.8. The van der Waals surface area contributed by atoms with Crippen LogP contribution in [0.15, 0.2) is 47.4 Å². The number of aromatic nitrogens is 2. The van der Waals surface area contributed by atoms with Gasteiger partial charge in [0.25, 0.3) is 0 Å². The number of nitrogen functional groups attached to an aromatic ring is 1. The molecule has 0 spiro atoms. The zero-order chi connectivity index (χ0) is 27.2. The van der Waals surface area contributed by atoms with Crippen LogP contribution in [0, 0.1) is 16.7 Å². The van der Waals surface area contributed by atoms with Gasteiger partial charge in [0.1, 0.15) is 35.2 Å². The molecule has 37 heavy (non-hydrogen) atoms. The number of carbonyl (C=O) groups is 1. The number of nitrogens with one attached hydrogen (secondary N) is 1. The second kappa shape index (κ2) is 11.9. The first-order chi connectivity index (χ1) is 17.5. The molecule has 200 valence electrons. The number of anilines is 1. The summed E-state index contributed by atoms with van der Waals surface area (Å²) in [6.45, 7) is 4.36. The molecule has 1 aromatic carbocycles. The van der Waals surface area contributed by atoms with Crippen LogP contribution in [-0.2, 0) is 23.4 Å². The van der Waals surface area contributed by atoms with Crippen LogP contribution in [0.1, 0.15) is 33.4 Å². The van der Waals surface area contributed by atoms with E-state index < -0.39 is 55.9 Å². The third-order valence-electron chi connectivity index (χ3n) is 5.66. The number of para-hydroxylation sites is 1. The highest BCUT2D eigenvalue weighted by molar-refractivity contribution is 7.52. The number of nitrogens with two attached hydrogens (primary N) is 1. The Morgan fingerprint density at radius 1 is 1.41 bits per heavy atom. The molecule has 0 aliphatic carbocycles. The molecule has 14 heteroatoms. The molecule has 1 fully saturated rings. The van der Waals surface area contributed by atoms with Gasteiger partial charge < -0.3 is 24.8 Å². The molecule has 0 bridgehead atoms. The summed E-state index contributed by atoms with van der Waals surface area (Å²) >= 11 is 0. The van der Waals surface area contributed by atoms with Gasteiger partial charge in [-0.1, -0.05) is 25.1 Å². The molecule has 4 N–H and O–H groups in total. The molecule has 6 atom stereocenters. The first-order valence-electron chi connectivity index (χ1n) is 11.6. The highest BCUT2D eigenvalue weighted by Crippen LogP contribution is 2.48. The molecule has 1 unspecified atom stereocenters. The van der Waals surface area contributed by atoms with E-state index in [-0.39, 0.29) is 18.2 Å². The van der Waals surface area contributed by atoms with Crippen molar-refractivity contribution in [2.24, 2.45) is 5.41 Å². The van der Waals surface area contributed by atoms with E-state index >= 15 is 0 Å². The molecule has 0 amide bonds. The highest BCUT2D eigenvalue weighted by Gasteiger charge is 2.55. The summed E-state index contributed by atoms with van der Waals surface area (Å²) in [6.07, 6.45) is -1.99. The Bertz CT molecular complexity index is 1240. The van der Waals surface area contributed by atoms with Crippen molar-refractivity contribution in [2.75, 3.05) is 18.9 Å². The van der Waals surface area contributed by atoms with Crippen molar-refractivity contribution < 1.29 is 33.0 Å². The van der Waals surface area contributed by atoms with Crippen LogP contribution in [0.5, 0.6) is 5.75 Å². The fourth-order valence-electron chi connectivity index (χ4n) is 3.62. The number of hydrogen-bond donors (Lipinski definition) is 3. The Hall–Kier alpha value is -3.27. The molecule has 0 radical (unpaired) electrons. The smallest absolute Gasteiger partial charge is 0.459 e. The summed E-state index contributed by atoms with van der Waals surface area (Å²) in [5, 5.41) is 23.3. The SMILES string of the molecule is CCCOC(=O)[C@H](C)NP(=O)(OC[C@H]1O[C@@H](n2ccc(N)nc2=O)[C@](C)(C#N)[C@@H]1O)Oc1ccccc1. The normalized spacial score (nSPS) is 25.5. The van der Waals surface area contributed by atoms with Crippen LogP contribution < -0.4 is 21.0 Å².